The molecule has 0 aliphatic carbocycles. The average molecular weight is 301 g/mol. The van der Waals surface area contributed by atoms with E-state index in [1.54, 1.807) is 0 Å². The van der Waals surface area contributed by atoms with Gasteiger partial charge in [0.15, 0.2) is 0 Å². The average Bonchev–Trinajstić information content (AvgIpc) is 2.99. The van der Waals surface area contributed by atoms with Crippen molar-refractivity contribution in [1.29, 1.82) is 0 Å². The molecule has 20 heavy (non-hydrogen) atoms. The number of nitrogens with two attached hydrogens (primary N) is 1. The minimum atomic E-state index is -3.37. The molecule has 1 fully saturated rings. The number of aromatic nitrogens is 2. The van der Waals surface area contributed by atoms with Gasteiger partial charge in [0.2, 0.25) is 10.0 Å². The van der Waals surface area contributed by atoms with E-state index in [0.717, 1.165) is 45.4 Å². The van der Waals surface area contributed by atoms with Crippen LogP contribution in [0.2, 0.25) is 0 Å². The number of sulfonamides is 1. The summed E-state index contributed by atoms with van der Waals surface area (Å²) in [5.41, 5.74) is 5.47. The molecule has 1 aromatic heterocycles. The molecule has 0 atom stereocenters. The number of nitrogens with zero attached hydrogens (tertiary/aromatic N) is 3. The van der Waals surface area contributed by atoms with Crippen molar-refractivity contribution in [1.82, 2.24) is 19.4 Å². The maximum Gasteiger partial charge on any atom is 0.246 e. The number of rotatable bonds is 7. The van der Waals surface area contributed by atoms with E-state index in [4.69, 9.17) is 5.73 Å². The highest BCUT2D eigenvalue weighted by Crippen LogP contribution is 2.16. The maximum absolute atomic E-state index is 12.3. The van der Waals surface area contributed by atoms with Crippen LogP contribution in [0, 0.1) is 0 Å². The number of hydrogen-bond acceptors (Lipinski definition) is 5. The number of unbranched alkanes of at least 4 members (excludes halogenated alkanes) is 2. The lowest BCUT2D eigenvalue weighted by atomic mass is 10.2. The van der Waals surface area contributed by atoms with E-state index >= 15 is 0 Å². The third-order valence-corrected chi connectivity index (χ3v) is 5.48. The van der Waals surface area contributed by atoms with Gasteiger partial charge in [-0.1, -0.05) is 6.42 Å². The van der Waals surface area contributed by atoms with Crippen LogP contribution in [-0.2, 0) is 10.0 Å². The summed E-state index contributed by atoms with van der Waals surface area (Å²) in [6.45, 7) is 4.45. The van der Waals surface area contributed by atoms with Crippen molar-refractivity contribution >= 4 is 10.0 Å². The van der Waals surface area contributed by atoms with Crippen molar-refractivity contribution in [2.45, 2.75) is 24.2 Å². The summed E-state index contributed by atoms with van der Waals surface area (Å²) in [7, 11) is -3.37. The van der Waals surface area contributed by atoms with E-state index in [0.29, 0.717) is 13.1 Å². The highest BCUT2D eigenvalue weighted by Gasteiger charge is 2.28. The van der Waals surface area contributed by atoms with Gasteiger partial charge in [0, 0.05) is 32.4 Å². The monoisotopic (exact) mass is 301 g/mol. The third-order valence-electron chi connectivity index (χ3n) is 3.62. The molecule has 0 radical (unpaired) electrons. The van der Waals surface area contributed by atoms with Crippen molar-refractivity contribution in [3.63, 3.8) is 0 Å². The molecule has 1 aliphatic rings. The second-order valence-corrected chi connectivity index (χ2v) is 6.97. The topological polar surface area (TPSA) is 95.3 Å². The van der Waals surface area contributed by atoms with Gasteiger partial charge in [-0.25, -0.2) is 8.42 Å². The van der Waals surface area contributed by atoms with E-state index in [9.17, 15) is 8.42 Å². The summed E-state index contributed by atoms with van der Waals surface area (Å²) in [5.74, 6) is 0. The third kappa shape index (κ3) is 3.78. The molecule has 1 aliphatic heterocycles. The van der Waals surface area contributed by atoms with Crippen LogP contribution in [0.4, 0.5) is 0 Å². The summed E-state index contributed by atoms with van der Waals surface area (Å²) in [6, 6.07) is 0. The quantitative estimate of drug-likeness (QED) is 0.683. The van der Waals surface area contributed by atoms with Gasteiger partial charge >= 0.3 is 0 Å². The highest BCUT2D eigenvalue weighted by atomic mass is 32.2. The molecular formula is C12H23N5O2S. The lowest BCUT2D eigenvalue weighted by Crippen LogP contribution is -2.48. The Morgan fingerprint density at radius 3 is 2.55 bits per heavy atom. The van der Waals surface area contributed by atoms with Crippen molar-refractivity contribution in [3.05, 3.63) is 12.4 Å². The van der Waals surface area contributed by atoms with Crippen molar-refractivity contribution in [2.24, 2.45) is 5.73 Å². The molecule has 1 aromatic rings. The van der Waals surface area contributed by atoms with Crippen molar-refractivity contribution < 1.29 is 8.42 Å². The van der Waals surface area contributed by atoms with Crippen LogP contribution in [0.15, 0.2) is 17.3 Å². The van der Waals surface area contributed by atoms with Gasteiger partial charge in [-0.05, 0) is 25.9 Å². The SMILES string of the molecule is NCCCCCN1CCN(S(=O)(=O)c2cn[nH]c2)CC1. The standard InChI is InChI=1S/C12H23N5O2S/c13-4-2-1-3-5-16-6-8-17(9-7-16)20(18,19)12-10-14-15-11-12/h10-11H,1-9,13H2,(H,14,15). The zero-order valence-electron chi connectivity index (χ0n) is 11.7. The zero-order valence-corrected chi connectivity index (χ0v) is 12.5. The van der Waals surface area contributed by atoms with E-state index < -0.39 is 10.0 Å². The van der Waals surface area contributed by atoms with Crippen LogP contribution in [0.1, 0.15) is 19.3 Å². The summed E-state index contributed by atoms with van der Waals surface area (Å²) in [5, 5.41) is 6.25. The first kappa shape index (κ1) is 15.4. The number of nitrogens with one attached hydrogen (secondary N) is 1. The molecule has 7 nitrogen and oxygen atoms in total. The number of aromatic amines is 1. The number of H-pyrrole nitrogens is 1. The fourth-order valence-corrected chi connectivity index (χ4v) is 3.71. The van der Waals surface area contributed by atoms with Crippen LogP contribution < -0.4 is 5.73 Å². The minimum Gasteiger partial charge on any atom is -0.330 e. The van der Waals surface area contributed by atoms with Crippen LogP contribution >= 0.6 is 0 Å². The fourth-order valence-electron chi connectivity index (χ4n) is 2.38. The molecule has 2 heterocycles. The molecule has 0 amide bonds. The second-order valence-electron chi connectivity index (χ2n) is 5.03. The smallest absolute Gasteiger partial charge is 0.246 e. The normalized spacial score (nSPS) is 18.4. The van der Waals surface area contributed by atoms with Crippen LogP contribution in [-0.4, -0.2) is 67.1 Å². The number of hydrogen-bond donors (Lipinski definition) is 2. The molecule has 8 heteroatoms. The van der Waals surface area contributed by atoms with Crippen molar-refractivity contribution in [3.8, 4) is 0 Å². The Hall–Kier alpha value is -0.960. The van der Waals surface area contributed by atoms with Gasteiger partial charge in [0.05, 0.1) is 6.20 Å². The predicted octanol–water partition coefficient (Wildman–Crippen LogP) is -0.155. The molecule has 0 spiro atoms. The predicted molar refractivity (Wildman–Crippen MR) is 76.7 cm³/mol. The van der Waals surface area contributed by atoms with Crippen LogP contribution in [0.25, 0.3) is 0 Å². The Labute approximate surface area is 120 Å². The van der Waals surface area contributed by atoms with Crippen LogP contribution in [0.3, 0.4) is 0 Å². The van der Waals surface area contributed by atoms with Gasteiger partial charge in [-0.3, -0.25) is 5.10 Å². The molecule has 0 saturated carbocycles. The lowest BCUT2D eigenvalue weighted by Gasteiger charge is -2.33. The molecule has 2 rings (SSSR count). The largest absolute Gasteiger partial charge is 0.330 e. The fraction of sp³-hybridized carbons (Fsp3) is 0.750. The second kappa shape index (κ2) is 7.16. The number of piperazine rings is 1. The first-order valence-electron chi connectivity index (χ1n) is 7.06. The molecular weight excluding hydrogens is 278 g/mol. The minimum absolute atomic E-state index is 0.244. The Balaban J connectivity index is 1.79. The molecule has 3 N–H and O–H groups in total. The van der Waals surface area contributed by atoms with E-state index in [1.807, 2.05) is 0 Å². The molecule has 0 unspecified atom stereocenters. The molecule has 1 saturated heterocycles. The maximum atomic E-state index is 12.3. The molecule has 0 aromatic carbocycles. The van der Waals surface area contributed by atoms with Gasteiger partial charge in [0.25, 0.3) is 0 Å². The first-order chi connectivity index (χ1) is 9.64. The summed E-state index contributed by atoms with van der Waals surface area (Å²) >= 11 is 0. The molecule has 114 valence electrons. The van der Waals surface area contributed by atoms with E-state index in [2.05, 4.69) is 15.1 Å². The highest BCUT2D eigenvalue weighted by molar-refractivity contribution is 7.89. The zero-order chi connectivity index (χ0) is 14.4. The Morgan fingerprint density at radius 1 is 1.20 bits per heavy atom. The van der Waals surface area contributed by atoms with Gasteiger partial charge in [-0.2, -0.15) is 9.40 Å². The van der Waals surface area contributed by atoms with E-state index in [-0.39, 0.29) is 4.90 Å². The summed E-state index contributed by atoms with van der Waals surface area (Å²) < 4.78 is 26.1. The first-order valence-corrected chi connectivity index (χ1v) is 8.50. The summed E-state index contributed by atoms with van der Waals surface area (Å²) in [4.78, 5) is 2.56. The Bertz CT molecular complexity index is 480. The lowest BCUT2D eigenvalue weighted by molar-refractivity contribution is 0.185. The van der Waals surface area contributed by atoms with Crippen molar-refractivity contribution in [2.75, 3.05) is 39.3 Å². The summed E-state index contributed by atoms with van der Waals surface area (Å²) in [6.07, 6.45) is 6.12. The van der Waals surface area contributed by atoms with Gasteiger partial charge in [0.1, 0.15) is 4.90 Å². The van der Waals surface area contributed by atoms with E-state index in [1.165, 1.54) is 16.7 Å². The van der Waals surface area contributed by atoms with Crippen LogP contribution in [0.5, 0.6) is 0 Å². The Kier molecular flexibility index (Phi) is 5.53. The van der Waals surface area contributed by atoms with Gasteiger partial charge < -0.3 is 10.6 Å². The molecule has 0 bridgehead atoms. The Morgan fingerprint density at radius 2 is 1.95 bits per heavy atom. The van der Waals surface area contributed by atoms with Gasteiger partial charge in [-0.15, -0.1) is 0 Å².